The maximum absolute atomic E-state index is 12.7. The molecule has 124 valence electrons. The largest absolute Gasteiger partial charge is 0.497 e. The van der Waals surface area contributed by atoms with Crippen molar-refractivity contribution in [3.63, 3.8) is 0 Å². The molecule has 6 heteroatoms. The smallest absolute Gasteiger partial charge is 0.258 e. The number of ether oxygens (including phenoxy) is 1. The summed E-state index contributed by atoms with van der Waals surface area (Å²) in [4.78, 5) is 17.0. The number of rotatable bonds is 4. The standard InChI is InChI=1S/C18H19N3O3/c1-10-9-15(16-12(3)21-24-18(16)19-10)17(22)20-11(2)13-5-7-14(23-4)8-6-13/h5-9,11H,1-4H3,(H,20,22)/t11-/m0/s1. The lowest BCUT2D eigenvalue weighted by molar-refractivity contribution is 0.0941. The first kappa shape index (κ1) is 16.0. The number of nitrogens with zero attached hydrogens (tertiary/aromatic N) is 2. The van der Waals surface area contributed by atoms with Gasteiger partial charge in [0.1, 0.15) is 5.75 Å². The van der Waals surface area contributed by atoms with Gasteiger partial charge in [-0.15, -0.1) is 0 Å². The number of hydrogen-bond acceptors (Lipinski definition) is 5. The van der Waals surface area contributed by atoms with E-state index in [-0.39, 0.29) is 11.9 Å². The first-order chi connectivity index (χ1) is 11.5. The van der Waals surface area contributed by atoms with Gasteiger partial charge in [-0.25, -0.2) is 4.98 Å². The van der Waals surface area contributed by atoms with Crippen LogP contribution in [0.3, 0.4) is 0 Å². The third-order valence-electron chi connectivity index (χ3n) is 3.95. The zero-order valence-electron chi connectivity index (χ0n) is 14.1. The maximum atomic E-state index is 12.7. The van der Waals surface area contributed by atoms with Gasteiger partial charge < -0.3 is 14.6 Å². The number of benzene rings is 1. The van der Waals surface area contributed by atoms with Crippen LogP contribution in [0.4, 0.5) is 0 Å². The number of hydrogen-bond donors (Lipinski definition) is 1. The molecule has 0 spiro atoms. The van der Waals surface area contributed by atoms with Crippen LogP contribution >= 0.6 is 0 Å². The van der Waals surface area contributed by atoms with Crippen LogP contribution in [0.5, 0.6) is 5.75 Å². The van der Waals surface area contributed by atoms with Crippen molar-refractivity contribution in [2.24, 2.45) is 0 Å². The molecule has 0 fully saturated rings. The van der Waals surface area contributed by atoms with E-state index in [4.69, 9.17) is 9.26 Å². The fourth-order valence-electron chi connectivity index (χ4n) is 2.65. The second-order valence-corrected chi connectivity index (χ2v) is 5.73. The number of methoxy groups -OCH3 is 1. The number of aryl methyl sites for hydroxylation is 2. The molecular formula is C18H19N3O3. The summed E-state index contributed by atoms with van der Waals surface area (Å²) in [6.45, 7) is 5.55. The Morgan fingerprint density at radius 1 is 1.25 bits per heavy atom. The normalized spacial score (nSPS) is 12.2. The second kappa shape index (κ2) is 6.31. The van der Waals surface area contributed by atoms with Crippen molar-refractivity contribution in [1.82, 2.24) is 15.5 Å². The number of aromatic nitrogens is 2. The number of fused-ring (bicyclic) bond motifs is 1. The van der Waals surface area contributed by atoms with Gasteiger partial charge in [0, 0.05) is 5.69 Å². The number of carbonyl (C=O) groups is 1. The molecule has 0 radical (unpaired) electrons. The van der Waals surface area contributed by atoms with Crippen molar-refractivity contribution in [2.45, 2.75) is 26.8 Å². The highest BCUT2D eigenvalue weighted by molar-refractivity contribution is 6.06. The summed E-state index contributed by atoms with van der Waals surface area (Å²) in [5.41, 5.74) is 3.26. The molecule has 1 aromatic carbocycles. The number of carbonyl (C=O) groups excluding carboxylic acids is 1. The Morgan fingerprint density at radius 2 is 1.96 bits per heavy atom. The van der Waals surface area contributed by atoms with Crippen LogP contribution in [-0.2, 0) is 0 Å². The molecule has 1 N–H and O–H groups in total. The molecule has 1 atom stereocenters. The lowest BCUT2D eigenvalue weighted by Crippen LogP contribution is -2.27. The molecule has 2 aromatic heterocycles. The van der Waals surface area contributed by atoms with Gasteiger partial charge in [0.15, 0.2) is 0 Å². The van der Waals surface area contributed by atoms with Gasteiger partial charge in [0.05, 0.1) is 29.8 Å². The number of pyridine rings is 1. The summed E-state index contributed by atoms with van der Waals surface area (Å²) in [5, 5.41) is 7.57. The summed E-state index contributed by atoms with van der Waals surface area (Å²) in [6, 6.07) is 9.22. The van der Waals surface area contributed by atoms with Crippen molar-refractivity contribution in [2.75, 3.05) is 7.11 Å². The molecule has 0 unspecified atom stereocenters. The summed E-state index contributed by atoms with van der Waals surface area (Å²) in [6.07, 6.45) is 0. The van der Waals surface area contributed by atoms with E-state index < -0.39 is 0 Å². The van der Waals surface area contributed by atoms with Gasteiger partial charge in [-0.2, -0.15) is 0 Å². The van der Waals surface area contributed by atoms with Crippen molar-refractivity contribution < 1.29 is 14.1 Å². The topological polar surface area (TPSA) is 77.2 Å². The molecule has 24 heavy (non-hydrogen) atoms. The van der Waals surface area contributed by atoms with Gasteiger partial charge in [-0.05, 0) is 44.5 Å². The molecule has 0 saturated heterocycles. The Kier molecular flexibility index (Phi) is 4.20. The number of nitrogens with one attached hydrogen (secondary N) is 1. The monoisotopic (exact) mass is 325 g/mol. The summed E-state index contributed by atoms with van der Waals surface area (Å²) < 4.78 is 10.3. The van der Waals surface area contributed by atoms with Crippen LogP contribution < -0.4 is 10.1 Å². The van der Waals surface area contributed by atoms with Crippen molar-refractivity contribution >= 4 is 17.0 Å². The molecule has 0 aliphatic rings. The minimum absolute atomic E-state index is 0.146. The quantitative estimate of drug-likeness (QED) is 0.796. The van der Waals surface area contributed by atoms with Crippen LogP contribution in [0.1, 0.15) is 40.3 Å². The predicted octanol–water partition coefficient (Wildman–Crippen LogP) is 3.34. The lowest BCUT2D eigenvalue weighted by atomic mass is 10.1. The van der Waals surface area contributed by atoms with Gasteiger partial charge >= 0.3 is 0 Å². The van der Waals surface area contributed by atoms with Gasteiger partial charge in [-0.3, -0.25) is 4.79 Å². The van der Waals surface area contributed by atoms with Crippen LogP contribution in [0.2, 0.25) is 0 Å². The third-order valence-corrected chi connectivity index (χ3v) is 3.95. The average molecular weight is 325 g/mol. The molecule has 0 bridgehead atoms. The van der Waals surface area contributed by atoms with Crippen LogP contribution in [0, 0.1) is 13.8 Å². The Hall–Kier alpha value is -2.89. The predicted molar refractivity (Wildman–Crippen MR) is 90.2 cm³/mol. The van der Waals surface area contributed by atoms with Crippen LogP contribution in [-0.4, -0.2) is 23.2 Å². The molecular weight excluding hydrogens is 306 g/mol. The van der Waals surface area contributed by atoms with E-state index in [2.05, 4.69) is 15.5 Å². The summed E-state index contributed by atoms with van der Waals surface area (Å²) in [7, 11) is 1.62. The molecule has 1 amide bonds. The van der Waals surface area contributed by atoms with Gasteiger partial charge in [-0.1, -0.05) is 17.3 Å². The first-order valence-corrected chi connectivity index (χ1v) is 7.68. The Bertz CT molecular complexity index is 884. The zero-order valence-corrected chi connectivity index (χ0v) is 14.1. The van der Waals surface area contributed by atoms with E-state index in [0.717, 1.165) is 11.3 Å². The molecule has 3 rings (SSSR count). The van der Waals surface area contributed by atoms with E-state index in [1.165, 1.54) is 0 Å². The highest BCUT2D eigenvalue weighted by Gasteiger charge is 2.19. The molecule has 2 heterocycles. The number of amides is 1. The van der Waals surface area contributed by atoms with Crippen LogP contribution in [0.25, 0.3) is 11.1 Å². The SMILES string of the molecule is COc1ccc([C@H](C)NC(=O)c2cc(C)nc3onc(C)c23)cc1. The van der Waals surface area contributed by atoms with Crippen molar-refractivity contribution in [1.29, 1.82) is 0 Å². The molecule has 0 aliphatic carbocycles. The van der Waals surface area contributed by atoms with E-state index in [1.807, 2.05) is 38.1 Å². The van der Waals surface area contributed by atoms with Crippen molar-refractivity contribution in [3.8, 4) is 5.75 Å². The Balaban J connectivity index is 1.87. The van der Waals surface area contributed by atoms with Crippen molar-refractivity contribution in [3.05, 3.63) is 52.8 Å². The van der Waals surface area contributed by atoms with E-state index in [1.54, 1.807) is 20.1 Å². The Labute approximate surface area is 139 Å². The zero-order chi connectivity index (χ0) is 17.3. The van der Waals surface area contributed by atoms with Gasteiger partial charge in [0.25, 0.3) is 11.6 Å². The minimum Gasteiger partial charge on any atom is -0.497 e. The fourth-order valence-corrected chi connectivity index (χ4v) is 2.65. The molecule has 0 aliphatic heterocycles. The minimum atomic E-state index is -0.180. The summed E-state index contributed by atoms with van der Waals surface area (Å²) in [5.74, 6) is 0.601. The van der Waals surface area contributed by atoms with E-state index in [9.17, 15) is 4.79 Å². The molecule has 3 aromatic rings. The van der Waals surface area contributed by atoms with E-state index in [0.29, 0.717) is 28.1 Å². The van der Waals surface area contributed by atoms with Gasteiger partial charge in [0.2, 0.25) is 0 Å². The lowest BCUT2D eigenvalue weighted by Gasteiger charge is -2.15. The highest BCUT2D eigenvalue weighted by atomic mass is 16.5. The maximum Gasteiger partial charge on any atom is 0.258 e. The first-order valence-electron chi connectivity index (χ1n) is 7.68. The highest BCUT2D eigenvalue weighted by Crippen LogP contribution is 2.23. The summed E-state index contributed by atoms with van der Waals surface area (Å²) >= 11 is 0. The second-order valence-electron chi connectivity index (χ2n) is 5.73. The average Bonchev–Trinajstić information content (AvgIpc) is 2.95. The van der Waals surface area contributed by atoms with E-state index >= 15 is 0 Å². The molecule has 0 saturated carbocycles. The fraction of sp³-hybridized carbons (Fsp3) is 0.278. The Morgan fingerprint density at radius 3 is 2.62 bits per heavy atom. The third kappa shape index (κ3) is 2.95. The molecule has 6 nitrogen and oxygen atoms in total. The van der Waals surface area contributed by atoms with Crippen LogP contribution in [0.15, 0.2) is 34.9 Å².